The van der Waals surface area contributed by atoms with Crippen LogP contribution in [0.1, 0.15) is 19.3 Å². The summed E-state index contributed by atoms with van der Waals surface area (Å²) in [6.45, 7) is 0.0991. The molecule has 0 bridgehead atoms. The Morgan fingerprint density at radius 1 is 1.50 bits per heavy atom. The van der Waals surface area contributed by atoms with Gasteiger partial charge in [0.05, 0.1) is 0 Å². The highest BCUT2D eigenvalue weighted by molar-refractivity contribution is 7.96. The molecule has 2 amide bonds. The minimum Gasteiger partial charge on any atom is -0.480 e. The van der Waals surface area contributed by atoms with Crippen LogP contribution in [0.2, 0.25) is 0 Å². The highest BCUT2D eigenvalue weighted by Gasteiger charge is 2.28. The molecule has 1 atom stereocenters. The van der Waals surface area contributed by atoms with Crippen molar-refractivity contribution in [3.8, 4) is 0 Å². The van der Waals surface area contributed by atoms with Crippen LogP contribution in [0.15, 0.2) is 0 Å². The van der Waals surface area contributed by atoms with Crippen LogP contribution in [-0.2, 0) is 9.59 Å². The smallest absolute Gasteiger partial charge is 0.323 e. The van der Waals surface area contributed by atoms with Crippen molar-refractivity contribution in [2.75, 3.05) is 13.1 Å². The van der Waals surface area contributed by atoms with Crippen LogP contribution in [0.3, 0.4) is 0 Å². The summed E-state index contributed by atoms with van der Waals surface area (Å²) in [7, 11) is 0. The molecule has 1 aliphatic rings. The van der Waals surface area contributed by atoms with Gasteiger partial charge in [0.1, 0.15) is 12.6 Å². The van der Waals surface area contributed by atoms with E-state index in [4.69, 9.17) is 5.11 Å². The lowest BCUT2D eigenvalue weighted by Crippen LogP contribution is -2.47. The predicted molar refractivity (Wildman–Crippen MR) is 59.4 cm³/mol. The molecule has 16 heavy (non-hydrogen) atoms. The van der Waals surface area contributed by atoms with Crippen molar-refractivity contribution in [3.05, 3.63) is 0 Å². The van der Waals surface area contributed by atoms with Gasteiger partial charge in [-0.2, -0.15) is 0 Å². The van der Waals surface area contributed by atoms with Crippen LogP contribution in [0.25, 0.3) is 0 Å². The summed E-state index contributed by atoms with van der Waals surface area (Å²) < 4.78 is 0. The molecular weight excluding hydrogens is 232 g/mol. The number of rotatable bonds is 3. The number of nitrogens with one attached hydrogen (secondary N) is 1. The van der Waals surface area contributed by atoms with Crippen LogP contribution in [0, 0.1) is 0 Å². The van der Waals surface area contributed by atoms with Crippen LogP contribution < -0.4 is 5.32 Å². The quantitative estimate of drug-likeness (QED) is 0.616. The molecule has 1 fully saturated rings. The van der Waals surface area contributed by atoms with Crippen LogP contribution in [0.5, 0.6) is 0 Å². The molecule has 90 valence electrons. The summed E-state index contributed by atoms with van der Waals surface area (Å²) in [5.41, 5.74) is 0. The van der Waals surface area contributed by atoms with Gasteiger partial charge in [0.15, 0.2) is 0 Å². The van der Waals surface area contributed by atoms with E-state index < -0.39 is 17.3 Å². The van der Waals surface area contributed by atoms with Crippen LogP contribution in [0.4, 0.5) is 4.79 Å². The Kier molecular flexibility index (Phi) is 4.60. The minimum absolute atomic E-state index is 0.322. The molecule has 0 spiro atoms. The topological polar surface area (TPSA) is 86.7 Å². The molecule has 6 nitrogen and oxygen atoms in total. The van der Waals surface area contributed by atoms with Gasteiger partial charge in [-0.25, -0.2) is 0 Å². The molecule has 0 aromatic rings. The molecule has 7 heteroatoms. The van der Waals surface area contributed by atoms with Crippen LogP contribution in [-0.4, -0.2) is 46.3 Å². The summed E-state index contributed by atoms with van der Waals surface area (Å²) >= 11 is 3.55. The van der Waals surface area contributed by atoms with Gasteiger partial charge in [0, 0.05) is 6.54 Å². The first-order chi connectivity index (χ1) is 7.50. The van der Waals surface area contributed by atoms with Crippen molar-refractivity contribution in [1.82, 2.24) is 10.2 Å². The average Bonchev–Trinajstić information content (AvgIpc) is 2.31. The SMILES string of the molecule is O=C(O)CN1CCCCC(NC(=O)S)C1=O. The summed E-state index contributed by atoms with van der Waals surface area (Å²) in [6.07, 6.45) is 2.06. The molecule has 0 saturated carbocycles. The van der Waals surface area contributed by atoms with Gasteiger partial charge in [0.2, 0.25) is 5.91 Å². The molecular formula is C9H14N2O4S. The summed E-state index contributed by atoms with van der Waals surface area (Å²) in [4.78, 5) is 34.4. The number of thiol groups is 1. The fourth-order valence-electron chi connectivity index (χ4n) is 1.71. The van der Waals surface area contributed by atoms with Crippen LogP contribution >= 0.6 is 12.6 Å². The number of aliphatic carboxylic acids is 1. The Balaban J connectivity index is 2.67. The highest BCUT2D eigenvalue weighted by atomic mass is 32.1. The monoisotopic (exact) mass is 246 g/mol. The number of nitrogens with zero attached hydrogens (tertiary/aromatic N) is 1. The van der Waals surface area contributed by atoms with E-state index in [0.717, 1.165) is 12.8 Å². The van der Waals surface area contributed by atoms with E-state index in [9.17, 15) is 14.4 Å². The maximum atomic E-state index is 11.8. The molecule has 0 aliphatic carbocycles. The number of carboxylic acids is 1. The van der Waals surface area contributed by atoms with Gasteiger partial charge in [0.25, 0.3) is 5.24 Å². The van der Waals surface area contributed by atoms with E-state index in [2.05, 4.69) is 17.9 Å². The Morgan fingerprint density at radius 2 is 2.19 bits per heavy atom. The van der Waals surface area contributed by atoms with Gasteiger partial charge in [-0.1, -0.05) is 12.6 Å². The lowest BCUT2D eigenvalue weighted by molar-refractivity contribution is -0.144. The number of likely N-dealkylation sites (tertiary alicyclic amines) is 1. The zero-order valence-electron chi connectivity index (χ0n) is 8.68. The van der Waals surface area contributed by atoms with E-state index in [1.807, 2.05) is 0 Å². The highest BCUT2D eigenvalue weighted by Crippen LogP contribution is 2.12. The average molecular weight is 246 g/mol. The standard InChI is InChI=1S/C9H14N2O4S/c12-7(13)5-11-4-2-1-3-6(8(11)14)10-9(15)16/h6H,1-5H2,(H,12,13)(H2,10,15,16). The second-order valence-corrected chi connectivity index (χ2v) is 4.06. The number of hydrogen-bond acceptors (Lipinski definition) is 3. The second-order valence-electron chi connectivity index (χ2n) is 3.65. The minimum atomic E-state index is -1.05. The normalized spacial score (nSPS) is 21.4. The molecule has 0 radical (unpaired) electrons. The number of amides is 2. The first-order valence-electron chi connectivity index (χ1n) is 5.00. The maximum Gasteiger partial charge on any atom is 0.323 e. The maximum absolute atomic E-state index is 11.8. The third-order valence-electron chi connectivity index (χ3n) is 2.40. The van der Waals surface area contributed by atoms with Crippen molar-refractivity contribution in [2.45, 2.75) is 25.3 Å². The van der Waals surface area contributed by atoms with Gasteiger partial charge >= 0.3 is 5.97 Å². The van der Waals surface area contributed by atoms with Gasteiger partial charge in [-0.3, -0.25) is 14.4 Å². The molecule has 1 saturated heterocycles. The lowest BCUT2D eigenvalue weighted by atomic mass is 10.1. The fourth-order valence-corrected chi connectivity index (χ4v) is 1.86. The summed E-state index contributed by atoms with van der Waals surface area (Å²) in [6, 6.07) is -0.646. The zero-order valence-corrected chi connectivity index (χ0v) is 9.57. The van der Waals surface area contributed by atoms with E-state index in [1.165, 1.54) is 4.90 Å². The number of carboxylic acid groups (broad SMARTS) is 1. The molecule has 0 aromatic carbocycles. The molecule has 1 heterocycles. The first-order valence-corrected chi connectivity index (χ1v) is 5.45. The van der Waals surface area contributed by atoms with Gasteiger partial charge in [-0.15, -0.1) is 0 Å². The van der Waals surface area contributed by atoms with Crippen molar-refractivity contribution in [2.24, 2.45) is 0 Å². The zero-order chi connectivity index (χ0) is 12.1. The molecule has 1 aliphatic heterocycles. The molecule has 0 aromatic heterocycles. The Morgan fingerprint density at radius 3 is 2.75 bits per heavy atom. The molecule has 1 unspecified atom stereocenters. The Bertz CT molecular complexity index is 280. The van der Waals surface area contributed by atoms with E-state index in [-0.39, 0.29) is 12.5 Å². The van der Waals surface area contributed by atoms with Crippen molar-refractivity contribution < 1.29 is 19.5 Å². The van der Waals surface area contributed by atoms with Crippen molar-refractivity contribution >= 4 is 29.7 Å². The Hall–Kier alpha value is -1.24. The second kappa shape index (κ2) is 5.74. The fraction of sp³-hybridized carbons (Fsp3) is 0.667. The number of carbonyl (C=O) groups is 3. The lowest BCUT2D eigenvalue weighted by Gasteiger charge is -2.22. The Labute approximate surface area is 98.4 Å². The molecule has 2 N–H and O–H groups in total. The number of carbonyl (C=O) groups excluding carboxylic acids is 2. The van der Waals surface area contributed by atoms with E-state index in [0.29, 0.717) is 13.0 Å². The summed E-state index contributed by atoms with van der Waals surface area (Å²) in [5, 5.41) is 10.5. The van der Waals surface area contributed by atoms with Crippen molar-refractivity contribution in [3.63, 3.8) is 0 Å². The van der Waals surface area contributed by atoms with E-state index >= 15 is 0 Å². The third kappa shape index (κ3) is 3.73. The first kappa shape index (κ1) is 12.8. The predicted octanol–water partition coefficient (Wildman–Crippen LogP) is 0.0915. The van der Waals surface area contributed by atoms with E-state index in [1.54, 1.807) is 0 Å². The van der Waals surface area contributed by atoms with Gasteiger partial charge in [-0.05, 0) is 19.3 Å². The molecule has 1 rings (SSSR count). The largest absolute Gasteiger partial charge is 0.480 e. The summed E-state index contributed by atoms with van der Waals surface area (Å²) in [5.74, 6) is -1.39. The third-order valence-corrected chi connectivity index (χ3v) is 2.53. The van der Waals surface area contributed by atoms with Crippen molar-refractivity contribution in [1.29, 1.82) is 0 Å². The number of hydrogen-bond donors (Lipinski definition) is 3. The van der Waals surface area contributed by atoms with Gasteiger partial charge < -0.3 is 15.3 Å².